The van der Waals surface area contributed by atoms with Crippen LogP contribution in [0.3, 0.4) is 0 Å². The number of hydrogen-bond donors (Lipinski definition) is 1. The number of hydrogen-bond acceptors (Lipinski definition) is 2. The molecule has 1 aromatic heterocycles. The lowest BCUT2D eigenvalue weighted by atomic mass is 9.83. The molecule has 0 unspecified atom stereocenters. The van der Waals surface area contributed by atoms with E-state index in [2.05, 4.69) is 47.2 Å². The lowest BCUT2D eigenvalue weighted by Crippen LogP contribution is -2.22. The summed E-state index contributed by atoms with van der Waals surface area (Å²) in [6, 6.07) is 2.27. The molecule has 1 aliphatic rings. The molecule has 112 valence electrons. The molecule has 1 saturated carbocycles. The van der Waals surface area contributed by atoms with Gasteiger partial charge in [0.15, 0.2) is 0 Å². The highest BCUT2D eigenvalue weighted by Crippen LogP contribution is 2.33. The quantitative estimate of drug-likeness (QED) is 0.637. The first-order valence-corrected chi connectivity index (χ1v) is 9.48. The smallest absolute Gasteiger partial charge is 0.0317 e. The molecule has 0 radical (unpaired) electrons. The van der Waals surface area contributed by atoms with Crippen LogP contribution < -0.4 is 5.32 Å². The van der Waals surface area contributed by atoms with Gasteiger partial charge in [0.1, 0.15) is 0 Å². The number of rotatable bonds is 6. The van der Waals surface area contributed by atoms with Gasteiger partial charge in [0.25, 0.3) is 0 Å². The van der Waals surface area contributed by atoms with Gasteiger partial charge in [0, 0.05) is 20.8 Å². The van der Waals surface area contributed by atoms with Crippen molar-refractivity contribution in [2.24, 2.45) is 5.92 Å². The average Bonchev–Trinajstić information content (AvgIpc) is 2.77. The Morgan fingerprint density at radius 1 is 1.40 bits per heavy atom. The largest absolute Gasteiger partial charge is 0.313 e. The third-order valence-corrected chi connectivity index (χ3v) is 6.17. The molecule has 1 aliphatic carbocycles. The second-order valence-corrected chi connectivity index (χ2v) is 7.93. The van der Waals surface area contributed by atoms with Gasteiger partial charge in [-0.2, -0.15) is 0 Å². The maximum Gasteiger partial charge on any atom is 0.0317 e. The van der Waals surface area contributed by atoms with E-state index >= 15 is 0 Å². The molecule has 0 saturated heterocycles. The van der Waals surface area contributed by atoms with Crippen LogP contribution in [0.15, 0.2) is 16.1 Å². The van der Waals surface area contributed by atoms with Gasteiger partial charge >= 0.3 is 0 Å². The molecular formula is C17H26BrNS. The van der Waals surface area contributed by atoms with E-state index in [-0.39, 0.29) is 0 Å². The third-order valence-electron chi connectivity index (χ3n) is 4.09. The Hall–Kier alpha value is -0.120. The minimum absolute atomic E-state index is 0.800. The summed E-state index contributed by atoms with van der Waals surface area (Å²) in [4.78, 5) is 2.77. The van der Waals surface area contributed by atoms with Crippen LogP contribution in [0.5, 0.6) is 0 Å². The average molecular weight is 356 g/mol. The first-order valence-electron chi connectivity index (χ1n) is 7.87. The van der Waals surface area contributed by atoms with E-state index in [0.717, 1.165) is 19.0 Å². The summed E-state index contributed by atoms with van der Waals surface area (Å²) < 4.78 is 1.25. The predicted molar refractivity (Wildman–Crippen MR) is 94.5 cm³/mol. The highest BCUT2D eigenvalue weighted by molar-refractivity contribution is 9.10. The van der Waals surface area contributed by atoms with Crippen LogP contribution in [-0.2, 0) is 0 Å². The number of aryl methyl sites for hydroxylation is 1. The molecule has 0 atom stereocenters. The van der Waals surface area contributed by atoms with Crippen molar-refractivity contribution >= 4 is 33.3 Å². The minimum atomic E-state index is 0.800. The molecule has 1 nitrogen and oxygen atoms in total. The number of nitrogens with one attached hydrogen (secondary N) is 1. The molecule has 1 heterocycles. The van der Waals surface area contributed by atoms with Crippen molar-refractivity contribution in [1.82, 2.24) is 5.32 Å². The fraction of sp³-hybridized carbons (Fsp3) is 0.647. The van der Waals surface area contributed by atoms with Crippen molar-refractivity contribution in [2.45, 2.75) is 52.4 Å². The van der Waals surface area contributed by atoms with E-state index in [1.54, 1.807) is 5.57 Å². The minimum Gasteiger partial charge on any atom is -0.313 e. The van der Waals surface area contributed by atoms with Gasteiger partial charge in [-0.1, -0.05) is 31.8 Å². The van der Waals surface area contributed by atoms with Gasteiger partial charge in [-0.05, 0) is 66.7 Å². The molecule has 2 rings (SSSR count). The SMILES string of the molecule is CCCNCC(=Cc1cc(Br)c(C)s1)C1CCCCC1. The summed E-state index contributed by atoms with van der Waals surface area (Å²) in [5.74, 6) is 0.800. The molecule has 0 aromatic carbocycles. The van der Waals surface area contributed by atoms with Crippen LogP contribution in [0.2, 0.25) is 0 Å². The highest BCUT2D eigenvalue weighted by Gasteiger charge is 2.18. The Kier molecular flexibility index (Phi) is 6.79. The van der Waals surface area contributed by atoms with Crippen LogP contribution in [0.1, 0.15) is 55.2 Å². The second-order valence-electron chi connectivity index (χ2n) is 5.78. The van der Waals surface area contributed by atoms with Gasteiger partial charge < -0.3 is 5.32 Å². The van der Waals surface area contributed by atoms with E-state index in [9.17, 15) is 0 Å². The van der Waals surface area contributed by atoms with Gasteiger partial charge in [-0.15, -0.1) is 11.3 Å². The first kappa shape index (κ1) is 16.3. The summed E-state index contributed by atoms with van der Waals surface area (Å²) in [5, 5.41) is 3.60. The maximum atomic E-state index is 3.63. The first-order chi connectivity index (χ1) is 9.70. The molecule has 0 bridgehead atoms. The van der Waals surface area contributed by atoms with E-state index in [0.29, 0.717) is 0 Å². The fourth-order valence-electron chi connectivity index (χ4n) is 2.93. The van der Waals surface area contributed by atoms with Gasteiger partial charge in [0.05, 0.1) is 0 Å². The summed E-state index contributed by atoms with van der Waals surface area (Å²) in [6.07, 6.45) is 10.7. The third kappa shape index (κ3) is 4.71. The molecule has 20 heavy (non-hydrogen) atoms. The van der Waals surface area contributed by atoms with Crippen molar-refractivity contribution in [1.29, 1.82) is 0 Å². The zero-order valence-corrected chi connectivity index (χ0v) is 15.1. The zero-order valence-electron chi connectivity index (χ0n) is 12.7. The Balaban J connectivity index is 2.11. The van der Waals surface area contributed by atoms with Crippen LogP contribution in [-0.4, -0.2) is 13.1 Å². The Morgan fingerprint density at radius 3 is 2.75 bits per heavy atom. The molecule has 1 aromatic rings. The zero-order chi connectivity index (χ0) is 14.4. The van der Waals surface area contributed by atoms with Gasteiger partial charge in [-0.3, -0.25) is 0 Å². The highest BCUT2D eigenvalue weighted by atomic mass is 79.9. The van der Waals surface area contributed by atoms with Gasteiger partial charge in [0.2, 0.25) is 0 Å². The summed E-state index contributed by atoms with van der Waals surface area (Å²) >= 11 is 5.53. The van der Waals surface area contributed by atoms with Gasteiger partial charge in [-0.25, -0.2) is 0 Å². The standard InChI is InChI=1S/C17H26BrNS/c1-3-9-19-12-15(14-7-5-4-6-8-14)10-16-11-17(18)13(2)20-16/h10-11,14,19H,3-9,12H2,1-2H3. The van der Waals surface area contributed by atoms with Crippen LogP contribution in [0.25, 0.3) is 6.08 Å². The fourth-order valence-corrected chi connectivity index (χ4v) is 4.47. The van der Waals surface area contributed by atoms with E-state index < -0.39 is 0 Å². The number of thiophene rings is 1. The Morgan fingerprint density at radius 2 is 2.15 bits per heavy atom. The van der Waals surface area contributed by atoms with Crippen LogP contribution >= 0.6 is 27.3 Å². The van der Waals surface area contributed by atoms with Crippen molar-refractivity contribution in [2.75, 3.05) is 13.1 Å². The van der Waals surface area contributed by atoms with Crippen LogP contribution in [0, 0.1) is 12.8 Å². The molecule has 0 amide bonds. The van der Waals surface area contributed by atoms with Crippen LogP contribution in [0.4, 0.5) is 0 Å². The Labute approximate surface area is 136 Å². The topological polar surface area (TPSA) is 12.0 Å². The number of halogens is 1. The summed E-state index contributed by atoms with van der Waals surface area (Å²) in [5.41, 5.74) is 1.62. The van der Waals surface area contributed by atoms with Crippen molar-refractivity contribution in [3.8, 4) is 0 Å². The molecule has 0 spiro atoms. The molecular weight excluding hydrogens is 330 g/mol. The molecule has 3 heteroatoms. The van der Waals surface area contributed by atoms with Crippen molar-refractivity contribution in [3.05, 3.63) is 25.9 Å². The molecule has 1 N–H and O–H groups in total. The normalized spacial score (nSPS) is 17.6. The second kappa shape index (κ2) is 8.35. The molecule has 1 fully saturated rings. The monoisotopic (exact) mass is 355 g/mol. The van der Waals surface area contributed by atoms with Crippen molar-refractivity contribution in [3.63, 3.8) is 0 Å². The van der Waals surface area contributed by atoms with E-state index in [4.69, 9.17) is 0 Å². The summed E-state index contributed by atoms with van der Waals surface area (Å²) in [7, 11) is 0. The lowest BCUT2D eigenvalue weighted by molar-refractivity contribution is 0.397. The summed E-state index contributed by atoms with van der Waals surface area (Å²) in [6.45, 7) is 6.60. The Bertz CT molecular complexity index is 424. The van der Waals surface area contributed by atoms with Crippen molar-refractivity contribution < 1.29 is 0 Å². The molecule has 0 aliphatic heterocycles. The lowest BCUT2D eigenvalue weighted by Gasteiger charge is -2.25. The van der Waals surface area contributed by atoms with E-state index in [1.165, 1.54) is 52.8 Å². The predicted octanol–water partition coefficient (Wildman–Crippen LogP) is 5.78. The maximum absolute atomic E-state index is 3.63. The van der Waals surface area contributed by atoms with E-state index in [1.807, 2.05) is 11.3 Å².